The first-order valence-electron chi connectivity index (χ1n) is 7.01. The molecule has 1 atom stereocenters. The van der Waals surface area contributed by atoms with Crippen LogP contribution in [0.2, 0.25) is 0 Å². The van der Waals surface area contributed by atoms with Crippen molar-refractivity contribution in [2.24, 2.45) is 0 Å². The molecule has 0 radical (unpaired) electrons. The topological polar surface area (TPSA) is 41.6 Å². The van der Waals surface area contributed by atoms with Gasteiger partial charge < -0.3 is 10.1 Å². The SMILES string of the molecule is CCC(NC(=O)CN1CCCC1)Oc1ccccc1. The standard InChI is InChI=1S/C15H22N2O2/c1-2-15(19-13-8-4-3-5-9-13)16-14(18)12-17-10-6-7-11-17/h3-5,8-9,15H,2,6-7,10-12H2,1H3,(H,16,18). The van der Waals surface area contributed by atoms with E-state index < -0.39 is 0 Å². The average molecular weight is 262 g/mol. The van der Waals surface area contributed by atoms with Gasteiger partial charge in [-0.15, -0.1) is 0 Å². The molecule has 19 heavy (non-hydrogen) atoms. The van der Waals surface area contributed by atoms with E-state index >= 15 is 0 Å². The molecule has 4 nitrogen and oxygen atoms in total. The molecule has 2 rings (SSSR count). The van der Waals surface area contributed by atoms with Crippen LogP contribution in [0.15, 0.2) is 30.3 Å². The first-order valence-corrected chi connectivity index (χ1v) is 7.01. The summed E-state index contributed by atoms with van der Waals surface area (Å²) in [5.74, 6) is 0.834. The van der Waals surface area contributed by atoms with Crippen molar-refractivity contribution in [3.05, 3.63) is 30.3 Å². The van der Waals surface area contributed by atoms with Crippen molar-refractivity contribution in [2.75, 3.05) is 19.6 Å². The summed E-state index contributed by atoms with van der Waals surface area (Å²) in [6, 6.07) is 9.59. The lowest BCUT2D eigenvalue weighted by atomic mass is 10.3. The number of hydrogen-bond acceptors (Lipinski definition) is 3. The van der Waals surface area contributed by atoms with Crippen LogP contribution in [0.4, 0.5) is 0 Å². The molecule has 1 aliphatic heterocycles. The second-order valence-electron chi connectivity index (χ2n) is 4.88. The van der Waals surface area contributed by atoms with Gasteiger partial charge in [-0.3, -0.25) is 9.69 Å². The highest BCUT2D eigenvalue weighted by atomic mass is 16.5. The third-order valence-electron chi connectivity index (χ3n) is 3.28. The lowest BCUT2D eigenvalue weighted by molar-refractivity contribution is -0.124. The molecule has 1 saturated heterocycles. The summed E-state index contributed by atoms with van der Waals surface area (Å²) < 4.78 is 5.75. The fourth-order valence-corrected chi connectivity index (χ4v) is 2.25. The van der Waals surface area contributed by atoms with Crippen molar-refractivity contribution >= 4 is 5.91 Å². The Bertz CT molecular complexity index is 388. The van der Waals surface area contributed by atoms with Crippen molar-refractivity contribution < 1.29 is 9.53 Å². The van der Waals surface area contributed by atoms with Crippen LogP contribution < -0.4 is 10.1 Å². The Hall–Kier alpha value is -1.55. The lowest BCUT2D eigenvalue weighted by Gasteiger charge is -2.21. The van der Waals surface area contributed by atoms with Gasteiger partial charge in [0.2, 0.25) is 5.91 Å². The van der Waals surface area contributed by atoms with Crippen molar-refractivity contribution in [1.82, 2.24) is 10.2 Å². The molecule has 0 aromatic heterocycles. The lowest BCUT2D eigenvalue weighted by Crippen LogP contribution is -2.43. The molecule has 1 N–H and O–H groups in total. The van der Waals surface area contributed by atoms with Crippen molar-refractivity contribution in [3.63, 3.8) is 0 Å². The normalized spacial score (nSPS) is 17.1. The van der Waals surface area contributed by atoms with Gasteiger partial charge >= 0.3 is 0 Å². The molecule has 1 aliphatic rings. The van der Waals surface area contributed by atoms with E-state index in [1.807, 2.05) is 37.3 Å². The quantitative estimate of drug-likeness (QED) is 0.797. The summed E-state index contributed by atoms with van der Waals surface area (Å²) in [5, 5.41) is 2.94. The van der Waals surface area contributed by atoms with Crippen LogP contribution in [-0.2, 0) is 4.79 Å². The maximum absolute atomic E-state index is 11.9. The molecule has 0 bridgehead atoms. The summed E-state index contributed by atoms with van der Waals surface area (Å²) in [5.41, 5.74) is 0. The Balaban J connectivity index is 1.79. The number of rotatable bonds is 6. The van der Waals surface area contributed by atoms with E-state index in [9.17, 15) is 4.79 Å². The zero-order valence-electron chi connectivity index (χ0n) is 11.5. The van der Waals surface area contributed by atoms with Gasteiger partial charge in [-0.05, 0) is 38.1 Å². The molecule has 4 heteroatoms. The molecule has 1 unspecified atom stereocenters. The second kappa shape index (κ2) is 7.14. The highest BCUT2D eigenvalue weighted by Gasteiger charge is 2.17. The Morgan fingerprint density at radius 2 is 2.00 bits per heavy atom. The zero-order valence-corrected chi connectivity index (χ0v) is 11.5. The average Bonchev–Trinajstić information content (AvgIpc) is 2.92. The van der Waals surface area contributed by atoms with Gasteiger partial charge in [0.15, 0.2) is 6.23 Å². The van der Waals surface area contributed by atoms with Crippen LogP contribution in [0.25, 0.3) is 0 Å². The summed E-state index contributed by atoms with van der Waals surface area (Å²) in [6.07, 6.45) is 2.90. The molecule has 1 amide bonds. The Morgan fingerprint density at radius 3 is 2.63 bits per heavy atom. The van der Waals surface area contributed by atoms with E-state index in [0.29, 0.717) is 6.54 Å². The molecule has 1 heterocycles. The number of ether oxygens (including phenoxy) is 1. The zero-order chi connectivity index (χ0) is 13.5. The monoisotopic (exact) mass is 262 g/mol. The number of likely N-dealkylation sites (tertiary alicyclic amines) is 1. The molecular formula is C15H22N2O2. The number of nitrogens with one attached hydrogen (secondary N) is 1. The Kier molecular flexibility index (Phi) is 5.21. The maximum atomic E-state index is 11.9. The summed E-state index contributed by atoms with van der Waals surface area (Å²) in [6.45, 7) is 4.55. The highest BCUT2D eigenvalue weighted by Crippen LogP contribution is 2.11. The molecule has 1 aromatic carbocycles. The largest absolute Gasteiger partial charge is 0.471 e. The molecule has 1 aromatic rings. The van der Waals surface area contributed by atoms with Crippen LogP contribution in [0, 0.1) is 0 Å². The van der Waals surface area contributed by atoms with Crippen LogP contribution in [0.1, 0.15) is 26.2 Å². The van der Waals surface area contributed by atoms with Gasteiger partial charge in [0.25, 0.3) is 0 Å². The Morgan fingerprint density at radius 1 is 1.32 bits per heavy atom. The number of hydrogen-bond donors (Lipinski definition) is 1. The van der Waals surface area contributed by atoms with E-state index in [4.69, 9.17) is 4.74 Å². The highest BCUT2D eigenvalue weighted by molar-refractivity contribution is 5.78. The minimum absolute atomic E-state index is 0.0460. The molecule has 0 spiro atoms. The van der Waals surface area contributed by atoms with Crippen molar-refractivity contribution in [2.45, 2.75) is 32.4 Å². The van der Waals surface area contributed by atoms with E-state index in [1.165, 1.54) is 12.8 Å². The fourth-order valence-electron chi connectivity index (χ4n) is 2.25. The first-order chi connectivity index (χ1) is 9.28. The number of amides is 1. The van der Waals surface area contributed by atoms with E-state index in [-0.39, 0.29) is 12.1 Å². The predicted molar refractivity (Wildman–Crippen MR) is 75.0 cm³/mol. The minimum atomic E-state index is -0.252. The van der Waals surface area contributed by atoms with E-state index in [0.717, 1.165) is 25.3 Å². The van der Waals surface area contributed by atoms with Crippen molar-refractivity contribution in [1.29, 1.82) is 0 Å². The second-order valence-corrected chi connectivity index (χ2v) is 4.88. The first kappa shape index (κ1) is 13.9. The number of para-hydroxylation sites is 1. The van der Waals surface area contributed by atoms with E-state index in [1.54, 1.807) is 0 Å². The number of nitrogens with zero attached hydrogens (tertiary/aromatic N) is 1. The predicted octanol–water partition coefficient (Wildman–Crippen LogP) is 2.01. The number of benzene rings is 1. The molecule has 1 fully saturated rings. The van der Waals surface area contributed by atoms with Crippen LogP contribution in [0.3, 0.4) is 0 Å². The third-order valence-corrected chi connectivity index (χ3v) is 3.28. The summed E-state index contributed by atoms with van der Waals surface area (Å²) in [4.78, 5) is 14.1. The van der Waals surface area contributed by atoms with Gasteiger partial charge in [0.05, 0.1) is 6.54 Å². The molecule has 0 aliphatic carbocycles. The van der Waals surface area contributed by atoms with Crippen molar-refractivity contribution in [3.8, 4) is 5.75 Å². The third kappa shape index (κ3) is 4.56. The van der Waals surface area contributed by atoms with Crippen LogP contribution in [-0.4, -0.2) is 36.7 Å². The molecule has 0 saturated carbocycles. The van der Waals surface area contributed by atoms with Crippen LogP contribution >= 0.6 is 0 Å². The summed E-state index contributed by atoms with van der Waals surface area (Å²) in [7, 11) is 0. The minimum Gasteiger partial charge on any atom is -0.471 e. The van der Waals surface area contributed by atoms with Crippen LogP contribution in [0.5, 0.6) is 5.75 Å². The number of carbonyl (C=O) groups is 1. The maximum Gasteiger partial charge on any atom is 0.236 e. The smallest absolute Gasteiger partial charge is 0.236 e. The molecule has 104 valence electrons. The van der Waals surface area contributed by atoms with Gasteiger partial charge in [0.1, 0.15) is 5.75 Å². The van der Waals surface area contributed by atoms with Gasteiger partial charge in [-0.25, -0.2) is 0 Å². The summed E-state index contributed by atoms with van der Waals surface area (Å²) >= 11 is 0. The number of carbonyl (C=O) groups excluding carboxylic acids is 1. The van der Waals surface area contributed by atoms with E-state index in [2.05, 4.69) is 10.2 Å². The Labute approximate surface area is 114 Å². The fraction of sp³-hybridized carbons (Fsp3) is 0.533. The van der Waals surface area contributed by atoms with Gasteiger partial charge in [-0.1, -0.05) is 25.1 Å². The molecular weight excluding hydrogens is 240 g/mol. The van der Waals surface area contributed by atoms with Gasteiger partial charge in [0, 0.05) is 6.42 Å². The van der Waals surface area contributed by atoms with Gasteiger partial charge in [-0.2, -0.15) is 0 Å².